The topological polar surface area (TPSA) is 63.8 Å². The van der Waals surface area contributed by atoms with E-state index in [4.69, 9.17) is 5.73 Å². The Labute approximate surface area is 119 Å². The molecule has 0 spiro atoms. The Morgan fingerprint density at radius 3 is 2.83 bits per heavy atom. The molecule has 0 bridgehead atoms. The molecule has 0 aliphatic heterocycles. The van der Waals surface area contributed by atoms with Gasteiger partial charge in [-0.05, 0) is 59.5 Å². The molecule has 1 aliphatic carbocycles. The van der Waals surface area contributed by atoms with Crippen molar-refractivity contribution < 1.29 is 0 Å². The van der Waals surface area contributed by atoms with Crippen LogP contribution in [0.1, 0.15) is 24.3 Å². The predicted octanol–water partition coefficient (Wildman–Crippen LogP) is 3.28. The molecule has 0 saturated heterocycles. The molecule has 1 aromatic carbocycles. The maximum atomic E-state index is 5.95. The lowest BCUT2D eigenvalue weighted by molar-refractivity contribution is 1.05. The molecule has 0 amide bonds. The molecular formula is C13H13IN4. The number of benzene rings is 1. The van der Waals surface area contributed by atoms with Crippen LogP contribution in [0.4, 0.5) is 17.5 Å². The average molecular weight is 352 g/mol. The van der Waals surface area contributed by atoms with Gasteiger partial charge in [0.2, 0.25) is 5.95 Å². The van der Waals surface area contributed by atoms with E-state index in [1.54, 1.807) is 0 Å². The Morgan fingerprint density at radius 1 is 1.33 bits per heavy atom. The number of rotatable bonds is 3. The molecule has 1 fully saturated rings. The van der Waals surface area contributed by atoms with Crippen molar-refractivity contribution in [2.75, 3.05) is 11.1 Å². The zero-order chi connectivity index (χ0) is 12.5. The molecular weight excluding hydrogens is 339 g/mol. The summed E-state index contributed by atoms with van der Waals surface area (Å²) < 4.78 is 1.17. The summed E-state index contributed by atoms with van der Waals surface area (Å²) in [5.41, 5.74) is 8.01. The third-order valence-electron chi connectivity index (χ3n) is 2.95. The van der Waals surface area contributed by atoms with Gasteiger partial charge in [0.15, 0.2) is 0 Å². The Morgan fingerprint density at radius 2 is 2.17 bits per heavy atom. The molecule has 3 N–H and O–H groups in total. The van der Waals surface area contributed by atoms with Crippen LogP contribution in [-0.4, -0.2) is 9.97 Å². The van der Waals surface area contributed by atoms with Crippen LogP contribution in [0, 0.1) is 3.57 Å². The minimum absolute atomic E-state index is 0.555. The first-order chi connectivity index (χ1) is 8.72. The molecule has 1 heterocycles. The van der Waals surface area contributed by atoms with Crippen LogP contribution in [0.15, 0.2) is 30.5 Å². The number of nitrogen functional groups attached to an aromatic ring is 1. The highest BCUT2D eigenvalue weighted by atomic mass is 127. The first-order valence-electron chi connectivity index (χ1n) is 5.87. The fourth-order valence-electron chi connectivity index (χ4n) is 1.87. The van der Waals surface area contributed by atoms with Crippen molar-refractivity contribution in [3.63, 3.8) is 0 Å². The van der Waals surface area contributed by atoms with Gasteiger partial charge in [-0.25, -0.2) is 4.98 Å². The van der Waals surface area contributed by atoms with E-state index in [0.29, 0.717) is 17.7 Å². The van der Waals surface area contributed by atoms with Gasteiger partial charge in [-0.2, -0.15) is 4.98 Å². The zero-order valence-electron chi connectivity index (χ0n) is 9.73. The van der Waals surface area contributed by atoms with Gasteiger partial charge in [-0.15, -0.1) is 0 Å². The summed E-state index contributed by atoms with van der Waals surface area (Å²) in [6, 6.07) is 8.05. The standard InChI is InChI=1S/C13H13IN4/c14-9-2-1-3-10(6-9)17-13-16-7-11(8-4-5-8)12(15)18-13/h1-3,6-8H,4-5H2,(H3,15,16,17,18). The summed E-state index contributed by atoms with van der Waals surface area (Å²) in [4.78, 5) is 8.63. The van der Waals surface area contributed by atoms with Crippen molar-refractivity contribution in [2.24, 2.45) is 0 Å². The normalized spacial score (nSPS) is 14.5. The average Bonchev–Trinajstić information content (AvgIpc) is 3.13. The number of anilines is 3. The SMILES string of the molecule is Nc1nc(Nc2cccc(I)c2)ncc1C1CC1. The molecule has 3 rings (SSSR count). The van der Waals surface area contributed by atoms with Crippen LogP contribution >= 0.6 is 22.6 Å². The fourth-order valence-corrected chi connectivity index (χ4v) is 2.41. The van der Waals surface area contributed by atoms with Crippen LogP contribution in [0.2, 0.25) is 0 Å². The summed E-state index contributed by atoms with van der Waals surface area (Å²) >= 11 is 2.27. The number of hydrogen-bond donors (Lipinski definition) is 2. The van der Waals surface area contributed by atoms with E-state index in [1.165, 1.54) is 16.4 Å². The van der Waals surface area contributed by atoms with Gasteiger partial charge in [-0.1, -0.05) is 6.07 Å². The molecule has 0 atom stereocenters. The third-order valence-corrected chi connectivity index (χ3v) is 3.62. The Bertz CT molecular complexity index is 581. The lowest BCUT2D eigenvalue weighted by atomic mass is 10.2. The molecule has 1 saturated carbocycles. The van der Waals surface area contributed by atoms with Crippen molar-refractivity contribution in [3.05, 3.63) is 39.6 Å². The van der Waals surface area contributed by atoms with Crippen LogP contribution < -0.4 is 11.1 Å². The highest BCUT2D eigenvalue weighted by molar-refractivity contribution is 14.1. The second-order valence-electron chi connectivity index (χ2n) is 4.44. The third kappa shape index (κ3) is 2.55. The van der Waals surface area contributed by atoms with E-state index in [9.17, 15) is 0 Å². The lowest BCUT2D eigenvalue weighted by Gasteiger charge is -2.08. The number of aromatic nitrogens is 2. The van der Waals surface area contributed by atoms with E-state index in [1.807, 2.05) is 30.5 Å². The number of hydrogen-bond acceptors (Lipinski definition) is 4. The van der Waals surface area contributed by atoms with Crippen LogP contribution in [0.25, 0.3) is 0 Å². The number of nitrogens with zero attached hydrogens (tertiary/aromatic N) is 2. The highest BCUT2D eigenvalue weighted by Crippen LogP contribution is 2.41. The molecule has 1 aliphatic rings. The summed E-state index contributed by atoms with van der Waals surface area (Å²) in [7, 11) is 0. The quantitative estimate of drug-likeness (QED) is 0.833. The summed E-state index contributed by atoms with van der Waals surface area (Å²) in [5.74, 6) is 1.73. The number of nitrogens with two attached hydrogens (primary N) is 1. The second kappa shape index (κ2) is 4.72. The van der Waals surface area contributed by atoms with E-state index in [2.05, 4.69) is 37.9 Å². The molecule has 5 heteroatoms. The summed E-state index contributed by atoms with van der Waals surface area (Å²) in [6.07, 6.45) is 4.25. The number of halogens is 1. The smallest absolute Gasteiger partial charge is 0.229 e. The summed E-state index contributed by atoms with van der Waals surface area (Å²) in [5, 5.41) is 3.17. The van der Waals surface area contributed by atoms with E-state index < -0.39 is 0 Å². The van der Waals surface area contributed by atoms with Crippen molar-refractivity contribution >= 4 is 40.0 Å². The summed E-state index contributed by atoms with van der Waals surface area (Å²) in [6.45, 7) is 0. The molecule has 0 unspecified atom stereocenters. The Kier molecular flexibility index (Phi) is 3.07. The lowest BCUT2D eigenvalue weighted by Crippen LogP contribution is -2.03. The molecule has 18 heavy (non-hydrogen) atoms. The molecule has 92 valence electrons. The van der Waals surface area contributed by atoms with Crippen molar-refractivity contribution in [3.8, 4) is 0 Å². The number of nitrogens with one attached hydrogen (secondary N) is 1. The molecule has 2 aromatic rings. The van der Waals surface area contributed by atoms with Gasteiger partial charge in [0.05, 0.1) is 0 Å². The van der Waals surface area contributed by atoms with E-state index in [0.717, 1.165) is 11.3 Å². The van der Waals surface area contributed by atoms with E-state index >= 15 is 0 Å². The van der Waals surface area contributed by atoms with Gasteiger partial charge in [0.1, 0.15) is 5.82 Å². The first kappa shape index (κ1) is 11.7. The maximum Gasteiger partial charge on any atom is 0.229 e. The van der Waals surface area contributed by atoms with Gasteiger partial charge in [0, 0.05) is 21.0 Å². The monoisotopic (exact) mass is 352 g/mol. The van der Waals surface area contributed by atoms with Gasteiger partial charge in [0.25, 0.3) is 0 Å². The van der Waals surface area contributed by atoms with Crippen LogP contribution in [-0.2, 0) is 0 Å². The van der Waals surface area contributed by atoms with Crippen LogP contribution in [0.5, 0.6) is 0 Å². The minimum Gasteiger partial charge on any atom is -0.383 e. The molecule has 4 nitrogen and oxygen atoms in total. The zero-order valence-corrected chi connectivity index (χ0v) is 11.9. The predicted molar refractivity (Wildman–Crippen MR) is 80.9 cm³/mol. The van der Waals surface area contributed by atoms with Gasteiger partial charge < -0.3 is 11.1 Å². The van der Waals surface area contributed by atoms with Crippen molar-refractivity contribution in [1.29, 1.82) is 0 Å². The first-order valence-corrected chi connectivity index (χ1v) is 6.95. The molecule has 1 aromatic heterocycles. The van der Waals surface area contributed by atoms with E-state index in [-0.39, 0.29) is 0 Å². The van der Waals surface area contributed by atoms with Crippen molar-refractivity contribution in [1.82, 2.24) is 9.97 Å². The molecule has 0 radical (unpaired) electrons. The van der Waals surface area contributed by atoms with Crippen LogP contribution in [0.3, 0.4) is 0 Å². The second-order valence-corrected chi connectivity index (χ2v) is 5.69. The Hall–Kier alpha value is -1.37. The largest absolute Gasteiger partial charge is 0.383 e. The maximum absolute atomic E-state index is 5.95. The Balaban J connectivity index is 1.82. The minimum atomic E-state index is 0.555. The van der Waals surface area contributed by atoms with Gasteiger partial charge >= 0.3 is 0 Å². The van der Waals surface area contributed by atoms with Crippen molar-refractivity contribution in [2.45, 2.75) is 18.8 Å². The highest BCUT2D eigenvalue weighted by Gasteiger charge is 2.26. The fraction of sp³-hybridized carbons (Fsp3) is 0.231. The van der Waals surface area contributed by atoms with Gasteiger partial charge in [-0.3, -0.25) is 0 Å².